The van der Waals surface area contributed by atoms with Crippen molar-refractivity contribution in [3.8, 4) is 5.75 Å². The van der Waals surface area contributed by atoms with Crippen LogP contribution in [0, 0.1) is 6.92 Å². The molecule has 0 atom stereocenters. The monoisotopic (exact) mass is 394 g/mol. The summed E-state index contributed by atoms with van der Waals surface area (Å²) in [6.45, 7) is 2.01. The first-order valence-corrected chi connectivity index (χ1v) is 9.00. The van der Waals surface area contributed by atoms with Gasteiger partial charge in [-0.2, -0.15) is 0 Å². The Labute approximate surface area is 168 Å². The first kappa shape index (κ1) is 19.5. The minimum absolute atomic E-state index is 0.246. The van der Waals surface area contributed by atoms with Crippen molar-refractivity contribution in [1.29, 1.82) is 0 Å². The van der Waals surface area contributed by atoms with E-state index in [1.165, 1.54) is 0 Å². The third-order valence-electron chi connectivity index (χ3n) is 4.22. The predicted octanol–water partition coefficient (Wildman–Crippen LogP) is 4.58. The van der Waals surface area contributed by atoms with Crippen molar-refractivity contribution >= 4 is 29.1 Å². The van der Waals surface area contributed by atoms with Crippen LogP contribution < -0.4 is 15.8 Å². The molecule has 0 aromatic heterocycles. The van der Waals surface area contributed by atoms with Gasteiger partial charge in [0.2, 0.25) is 5.91 Å². The molecule has 6 heteroatoms. The van der Waals surface area contributed by atoms with Crippen molar-refractivity contribution in [3.63, 3.8) is 0 Å². The maximum absolute atomic E-state index is 12.7. The van der Waals surface area contributed by atoms with Crippen LogP contribution in [0.15, 0.2) is 66.7 Å². The molecular weight excluding hydrogens is 376 g/mol. The van der Waals surface area contributed by atoms with E-state index in [0.717, 1.165) is 5.56 Å². The number of para-hydroxylation sites is 1. The van der Waals surface area contributed by atoms with Gasteiger partial charge >= 0.3 is 0 Å². The summed E-state index contributed by atoms with van der Waals surface area (Å²) in [4.78, 5) is 24.1. The Morgan fingerprint density at radius 3 is 2.43 bits per heavy atom. The van der Waals surface area contributed by atoms with Gasteiger partial charge in [-0.1, -0.05) is 41.9 Å². The van der Waals surface area contributed by atoms with Gasteiger partial charge in [0.1, 0.15) is 12.4 Å². The smallest absolute Gasteiger partial charge is 0.259 e. The van der Waals surface area contributed by atoms with Crippen LogP contribution in [0.1, 0.15) is 31.8 Å². The molecule has 142 valence electrons. The molecule has 3 aromatic rings. The Balaban J connectivity index is 1.76. The zero-order valence-electron chi connectivity index (χ0n) is 15.2. The molecule has 3 rings (SSSR count). The Morgan fingerprint density at radius 2 is 1.71 bits per heavy atom. The number of nitrogens with two attached hydrogens (primary N) is 1. The first-order chi connectivity index (χ1) is 13.5. The molecule has 3 N–H and O–H groups in total. The van der Waals surface area contributed by atoms with Crippen LogP contribution in [0.4, 0.5) is 5.69 Å². The molecule has 0 unspecified atom stereocenters. The number of primary amides is 1. The van der Waals surface area contributed by atoms with E-state index < -0.39 is 5.91 Å². The van der Waals surface area contributed by atoms with Crippen molar-refractivity contribution in [1.82, 2.24) is 0 Å². The van der Waals surface area contributed by atoms with Crippen LogP contribution in [-0.2, 0) is 6.61 Å². The standard InChI is InChI=1S/C22H19ClN2O3/c1-14-12-16(10-11-17(14)21(24)26)25-22(27)18-7-3-5-9-20(18)28-13-15-6-2-4-8-19(15)23/h2-12H,13H2,1H3,(H2,24,26)(H,25,27). The van der Waals surface area contributed by atoms with E-state index in [2.05, 4.69) is 5.32 Å². The fraction of sp³-hybridized carbons (Fsp3) is 0.0909. The Kier molecular flexibility index (Phi) is 5.96. The molecule has 5 nitrogen and oxygen atoms in total. The number of rotatable bonds is 6. The summed E-state index contributed by atoms with van der Waals surface area (Å²) < 4.78 is 5.83. The summed E-state index contributed by atoms with van der Waals surface area (Å²) in [6.07, 6.45) is 0. The number of nitrogens with one attached hydrogen (secondary N) is 1. The van der Waals surface area contributed by atoms with E-state index >= 15 is 0 Å². The van der Waals surface area contributed by atoms with E-state index in [9.17, 15) is 9.59 Å². The maximum atomic E-state index is 12.7. The van der Waals surface area contributed by atoms with Crippen molar-refractivity contribution < 1.29 is 14.3 Å². The van der Waals surface area contributed by atoms with Crippen molar-refractivity contribution in [3.05, 3.63) is 94.0 Å². The minimum Gasteiger partial charge on any atom is -0.488 e. The lowest BCUT2D eigenvalue weighted by atomic mass is 10.1. The zero-order valence-corrected chi connectivity index (χ0v) is 16.0. The van der Waals surface area contributed by atoms with Crippen LogP contribution in [0.2, 0.25) is 5.02 Å². The van der Waals surface area contributed by atoms with Crippen LogP contribution in [0.5, 0.6) is 5.75 Å². The molecule has 0 aliphatic rings. The average Bonchev–Trinajstić information content (AvgIpc) is 2.67. The highest BCUT2D eigenvalue weighted by Crippen LogP contribution is 2.23. The Hall–Kier alpha value is -3.31. The largest absolute Gasteiger partial charge is 0.488 e. The number of halogens is 1. The summed E-state index contributed by atoms with van der Waals surface area (Å²) in [7, 11) is 0. The van der Waals surface area contributed by atoms with Gasteiger partial charge in [0, 0.05) is 21.8 Å². The predicted molar refractivity (Wildman–Crippen MR) is 110 cm³/mol. The van der Waals surface area contributed by atoms with Crippen molar-refractivity contribution in [2.24, 2.45) is 5.73 Å². The topological polar surface area (TPSA) is 81.4 Å². The molecule has 28 heavy (non-hydrogen) atoms. The third-order valence-corrected chi connectivity index (χ3v) is 4.59. The second-order valence-corrected chi connectivity index (χ2v) is 6.63. The molecule has 3 aromatic carbocycles. The van der Waals surface area contributed by atoms with Crippen molar-refractivity contribution in [2.75, 3.05) is 5.32 Å². The highest BCUT2D eigenvalue weighted by Gasteiger charge is 2.14. The summed E-state index contributed by atoms with van der Waals surface area (Å²) in [6, 6.07) is 19.3. The Bertz CT molecular complexity index is 1030. The highest BCUT2D eigenvalue weighted by atomic mass is 35.5. The van der Waals surface area contributed by atoms with Crippen LogP contribution in [0.3, 0.4) is 0 Å². The van der Waals surface area contributed by atoms with Crippen LogP contribution in [-0.4, -0.2) is 11.8 Å². The molecule has 0 aliphatic heterocycles. The number of hydrogen-bond donors (Lipinski definition) is 2. The third kappa shape index (κ3) is 4.50. The second kappa shape index (κ2) is 8.59. The summed E-state index contributed by atoms with van der Waals surface area (Å²) >= 11 is 6.16. The fourth-order valence-corrected chi connectivity index (χ4v) is 2.96. The number of anilines is 1. The minimum atomic E-state index is -0.506. The van der Waals surface area contributed by atoms with Gasteiger partial charge in [-0.3, -0.25) is 9.59 Å². The molecule has 0 saturated heterocycles. The second-order valence-electron chi connectivity index (χ2n) is 6.22. The molecule has 0 bridgehead atoms. The normalized spacial score (nSPS) is 10.4. The van der Waals surface area contributed by atoms with Gasteiger partial charge in [0.25, 0.3) is 5.91 Å². The molecule has 0 spiro atoms. The van der Waals surface area contributed by atoms with Crippen LogP contribution in [0.25, 0.3) is 0 Å². The number of aryl methyl sites for hydroxylation is 1. The molecule has 0 fully saturated rings. The van der Waals surface area contributed by atoms with Gasteiger partial charge in [-0.25, -0.2) is 0 Å². The van der Waals surface area contributed by atoms with E-state index in [-0.39, 0.29) is 12.5 Å². The van der Waals surface area contributed by atoms with Gasteiger partial charge in [0.05, 0.1) is 5.56 Å². The number of ether oxygens (including phenoxy) is 1. The lowest BCUT2D eigenvalue weighted by molar-refractivity contribution is 0.0997. The summed E-state index contributed by atoms with van der Waals surface area (Å²) in [5.41, 5.74) is 8.21. The molecule has 0 heterocycles. The Morgan fingerprint density at radius 1 is 1.00 bits per heavy atom. The van der Waals surface area contributed by atoms with Gasteiger partial charge < -0.3 is 15.8 Å². The van der Waals surface area contributed by atoms with Gasteiger partial charge in [-0.15, -0.1) is 0 Å². The molecule has 2 amide bonds. The average molecular weight is 395 g/mol. The lowest BCUT2D eigenvalue weighted by Crippen LogP contribution is -2.15. The number of carbonyl (C=O) groups excluding carboxylic acids is 2. The first-order valence-electron chi connectivity index (χ1n) is 8.62. The number of benzene rings is 3. The summed E-state index contributed by atoms with van der Waals surface area (Å²) in [5.74, 6) is -0.375. The molecular formula is C22H19ClN2O3. The number of carbonyl (C=O) groups is 2. The van der Waals surface area contributed by atoms with E-state index in [4.69, 9.17) is 22.1 Å². The van der Waals surface area contributed by atoms with E-state index in [1.807, 2.05) is 18.2 Å². The van der Waals surface area contributed by atoms with Gasteiger partial charge in [0.15, 0.2) is 0 Å². The van der Waals surface area contributed by atoms with E-state index in [1.54, 1.807) is 55.5 Å². The number of hydrogen-bond acceptors (Lipinski definition) is 3. The molecule has 0 saturated carbocycles. The molecule has 0 aliphatic carbocycles. The van der Waals surface area contributed by atoms with E-state index in [0.29, 0.717) is 33.1 Å². The van der Waals surface area contributed by atoms with Crippen molar-refractivity contribution in [2.45, 2.75) is 13.5 Å². The SMILES string of the molecule is Cc1cc(NC(=O)c2ccccc2OCc2ccccc2Cl)ccc1C(N)=O. The van der Waals surface area contributed by atoms with Crippen LogP contribution >= 0.6 is 11.6 Å². The zero-order chi connectivity index (χ0) is 20.1. The summed E-state index contributed by atoms with van der Waals surface area (Å²) in [5, 5.41) is 3.42. The lowest BCUT2D eigenvalue weighted by Gasteiger charge is -2.13. The quantitative estimate of drug-likeness (QED) is 0.642. The fourth-order valence-electron chi connectivity index (χ4n) is 2.77. The maximum Gasteiger partial charge on any atom is 0.259 e. The molecule has 0 radical (unpaired) electrons. The van der Waals surface area contributed by atoms with Gasteiger partial charge in [-0.05, 0) is 48.9 Å². The highest BCUT2D eigenvalue weighted by molar-refractivity contribution is 6.31. The number of amides is 2.